The molecule has 1 aromatic heterocycles. The Morgan fingerprint density at radius 3 is 2.80 bits per heavy atom. The molecule has 2 atom stereocenters. The number of rotatable bonds is 5. The summed E-state index contributed by atoms with van der Waals surface area (Å²) in [4.78, 5) is 17.3. The van der Waals surface area contributed by atoms with Crippen molar-refractivity contribution in [1.82, 2.24) is 9.80 Å². The van der Waals surface area contributed by atoms with E-state index in [4.69, 9.17) is 0 Å². The lowest BCUT2D eigenvalue weighted by atomic mass is 10.1. The highest BCUT2D eigenvalue weighted by Gasteiger charge is 2.35. The van der Waals surface area contributed by atoms with Crippen LogP contribution in [-0.4, -0.2) is 53.1 Å². The van der Waals surface area contributed by atoms with Crippen LogP contribution < -0.4 is 0 Å². The zero-order valence-electron chi connectivity index (χ0n) is 12.5. The number of aryl methyl sites for hydroxylation is 1. The van der Waals surface area contributed by atoms with Gasteiger partial charge in [0.1, 0.15) is 6.04 Å². The lowest BCUT2D eigenvalue weighted by Gasteiger charge is -2.42. The third kappa shape index (κ3) is 3.22. The van der Waals surface area contributed by atoms with E-state index < -0.39 is 12.0 Å². The van der Waals surface area contributed by atoms with Crippen molar-refractivity contribution in [2.45, 2.75) is 39.3 Å². The zero-order valence-corrected chi connectivity index (χ0v) is 13.3. The molecule has 5 heteroatoms. The van der Waals surface area contributed by atoms with E-state index in [9.17, 15) is 9.90 Å². The van der Waals surface area contributed by atoms with E-state index in [2.05, 4.69) is 23.6 Å². The third-order valence-electron chi connectivity index (χ3n) is 4.02. The molecular formula is C15H24N2O2S. The van der Waals surface area contributed by atoms with E-state index in [-0.39, 0.29) is 6.04 Å². The van der Waals surface area contributed by atoms with E-state index >= 15 is 0 Å². The van der Waals surface area contributed by atoms with Gasteiger partial charge in [-0.05, 0) is 43.8 Å². The van der Waals surface area contributed by atoms with E-state index in [1.807, 2.05) is 18.4 Å². The largest absolute Gasteiger partial charge is 0.480 e. The summed E-state index contributed by atoms with van der Waals surface area (Å²) in [6.07, 6.45) is 1.15. The topological polar surface area (TPSA) is 43.8 Å². The molecule has 2 unspecified atom stereocenters. The number of thiophene rings is 1. The van der Waals surface area contributed by atoms with Gasteiger partial charge in [-0.15, -0.1) is 11.3 Å². The van der Waals surface area contributed by atoms with Crippen molar-refractivity contribution in [2.24, 2.45) is 0 Å². The Labute approximate surface area is 125 Å². The third-order valence-corrected chi connectivity index (χ3v) is 5.09. The van der Waals surface area contributed by atoms with Gasteiger partial charge in [-0.2, -0.15) is 0 Å². The van der Waals surface area contributed by atoms with Crippen molar-refractivity contribution in [3.8, 4) is 0 Å². The molecule has 0 spiro atoms. The predicted molar refractivity (Wildman–Crippen MR) is 82.3 cm³/mol. The van der Waals surface area contributed by atoms with Crippen molar-refractivity contribution in [3.63, 3.8) is 0 Å². The highest BCUT2D eigenvalue weighted by atomic mass is 32.1. The molecule has 1 fully saturated rings. The summed E-state index contributed by atoms with van der Waals surface area (Å²) >= 11 is 1.56. The van der Waals surface area contributed by atoms with Crippen LogP contribution in [0.4, 0.5) is 0 Å². The summed E-state index contributed by atoms with van der Waals surface area (Å²) in [5, 5.41) is 11.6. The normalized spacial score (nSPS) is 22.9. The lowest BCUT2D eigenvalue weighted by Crippen LogP contribution is -2.54. The van der Waals surface area contributed by atoms with E-state index in [0.717, 1.165) is 43.0 Å². The summed E-state index contributed by atoms with van der Waals surface area (Å²) in [6, 6.07) is 1.79. The Balaban J connectivity index is 2.15. The number of hydrogen-bond acceptors (Lipinski definition) is 4. The maximum absolute atomic E-state index is 11.8. The first-order valence-electron chi connectivity index (χ1n) is 7.29. The van der Waals surface area contributed by atoms with Gasteiger partial charge in [0.15, 0.2) is 0 Å². The quantitative estimate of drug-likeness (QED) is 0.907. The molecule has 1 aromatic rings. The van der Waals surface area contributed by atoms with Crippen LogP contribution in [0.5, 0.6) is 0 Å². The van der Waals surface area contributed by atoms with Gasteiger partial charge in [-0.3, -0.25) is 9.69 Å². The van der Waals surface area contributed by atoms with Gasteiger partial charge in [0.2, 0.25) is 0 Å². The fourth-order valence-electron chi connectivity index (χ4n) is 3.02. The minimum absolute atomic E-state index is 0.276. The van der Waals surface area contributed by atoms with Crippen LogP contribution in [0.25, 0.3) is 0 Å². The molecule has 112 valence electrons. The highest BCUT2D eigenvalue weighted by Crippen LogP contribution is 2.31. The average Bonchev–Trinajstić information content (AvgIpc) is 2.79. The van der Waals surface area contributed by atoms with Crippen molar-refractivity contribution >= 4 is 17.3 Å². The molecule has 0 bridgehead atoms. The Morgan fingerprint density at radius 2 is 2.30 bits per heavy atom. The van der Waals surface area contributed by atoms with Gasteiger partial charge in [0, 0.05) is 30.6 Å². The number of carboxylic acid groups (broad SMARTS) is 1. The molecule has 1 aliphatic heterocycles. The van der Waals surface area contributed by atoms with Gasteiger partial charge in [-0.1, -0.05) is 6.92 Å². The number of aliphatic carboxylic acids is 1. The summed E-state index contributed by atoms with van der Waals surface area (Å²) in [7, 11) is 0. The minimum atomic E-state index is -0.730. The van der Waals surface area contributed by atoms with Crippen LogP contribution in [0, 0.1) is 6.92 Å². The van der Waals surface area contributed by atoms with Crippen molar-refractivity contribution < 1.29 is 9.90 Å². The molecular weight excluding hydrogens is 272 g/mol. The first-order chi connectivity index (χ1) is 9.54. The molecule has 20 heavy (non-hydrogen) atoms. The van der Waals surface area contributed by atoms with Crippen LogP contribution in [0.1, 0.15) is 36.8 Å². The highest BCUT2D eigenvalue weighted by molar-refractivity contribution is 7.10. The van der Waals surface area contributed by atoms with Crippen molar-refractivity contribution in [3.05, 3.63) is 21.9 Å². The fraction of sp³-hybridized carbons (Fsp3) is 0.667. The van der Waals surface area contributed by atoms with Crippen LogP contribution in [0.3, 0.4) is 0 Å². The van der Waals surface area contributed by atoms with Crippen LogP contribution in [0.2, 0.25) is 0 Å². The number of hydrogen-bond donors (Lipinski definition) is 1. The molecule has 4 nitrogen and oxygen atoms in total. The summed E-state index contributed by atoms with van der Waals surface area (Å²) in [5.41, 5.74) is 1.09. The SMILES string of the molecule is CCCN1CCN(C(C(=O)O)c2sccc2C)C(C)C1. The molecule has 0 aromatic carbocycles. The summed E-state index contributed by atoms with van der Waals surface area (Å²) in [5.74, 6) is -0.730. The van der Waals surface area contributed by atoms with Crippen LogP contribution in [-0.2, 0) is 4.79 Å². The molecule has 1 aliphatic rings. The van der Waals surface area contributed by atoms with Gasteiger partial charge < -0.3 is 10.0 Å². The number of piperazine rings is 1. The van der Waals surface area contributed by atoms with Crippen LogP contribution in [0.15, 0.2) is 11.4 Å². The standard InChI is InChI=1S/C15H24N2O2S/c1-4-6-16-7-8-17(12(3)10-16)13(15(18)19)14-11(2)5-9-20-14/h5,9,12-13H,4,6-8,10H2,1-3H3,(H,18,19). The second kappa shape index (κ2) is 6.70. The molecule has 1 saturated heterocycles. The molecule has 1 N–H and O–H groups in total. The van der Waals surface area contributed by atoms with Gasteiger partial charge in [-0.25, -0.2) is 0 Å². The number of carbonyl (C=O) groups is 1. The lowest BCUT2D eigenvalue weighted by molar-refractivity contribution is -0.145. The maximum Gasteiger partial charge on any atom is 0.326 e. The molecule has 0 radical (unpaired) electrons. The molecule has 0 saturated carbocycles. The molecule has 0 aliphatic carbocycles. The Kier molecular flexibility index (Phi) is 5.18. The number of carboxylic acids is 1. The van der Waals surface area contributed by atoms with Gasteiger partial charge in [0.25, 0.3) is 0 Å². The second-order valence-corrected chi connectivity index (χ2v) is 6.54. The van der Waals surface area contributed by atoms with Crippen molar-refractivity contribution in [1.29, 1.82) is 0 Å². The Hall–Kier alpha value is -0.910. The minimum Gasteiger partial charge on any atom is -0.480 e. The molecule has 2 rings (SSSR count). The monoisotopic (exact) mass is 296 g/mol. The van der Waals surface area contributed by atoms with Crippen LogP contribution >= 0.6 is 11.3 Å². The van der Waals surface area contributed by atoms with Gasteiger partial charge in [0.05, 0.1) is 0 Å². The average molecular weight is 296 g/mol. The molecule has 0 amide bonds. The zero-order chi connectivity index (χ0) is 14.7. The Morgan fingerprint density at radius 1 is 1.55 bits per heavy atom. The second-order valence-electron chi connectivity index (χ2n) is 5.60. The molecule has 2 heterocycles. The first kappa shape index (κ1) is 15.5. The van der Waals surface area contributed by atoms with E-state index in [1.165, 1.54) is 0 Å². The maximum atomic E-state index is 11.8. The first-order valence-corrected chi connectivity index (χ1v) is 8.17. The smallest absolute Gasteiger partial charge is 0.326 e. The van der Waals surface area contributed by atoms with Crippen molar-refractivity contribution in [2.75, 3.05) is 26.2 Å². The summed E-state index contributed by atoms with van der Waals surface area (Å²) in [6.45, 7) is 10.2. The van der Waals surface area contributed by atoms with Gasteiger partial charge >= 0.3 is 5.97 Å². The van der Waals surface area contributed by atoms with E-state index in [1.54, 1.807) is 11.3 Å². The Bertz CT molecular complexity index is 460. The fourth-order valence-corrected chi connectivity index (χ4v) is 4.06. The number of nitrogens with zero attached hydrogens (tertiary/aromatic N) is 2. The predicted octanol–water partition coefficient (Wildman–Crippen LogP) is 2.60. The summed E-state index contributed by atoms with van der Waals surface area (Å²) < 4.78 is 0. The van der Waals surface area contributed by atoms with E-state index in [0.29, 0.717) is 0 Å².